The van der Waals surface area contributed by atoms with Crippen molar-refractivity contribution in [2.45, 2.75) is 13.8 Å². The average molecular weight is 301 g/mol. The van der Waals surface area contributed by atoms with Crippen molar-refractivity contribution in [1.82, 2.24) is 4.40 Å². The van der Waals surface area contributed by atoms with Gasteiger partial charge in [-0.25, -0.2) is 4.39 Å². The lowest BCUT2D eigenvalue weighted by molar-refractivity contribution is 0.101. The maximum atomic E-state index is 13.5. The van der Waals surface area contributed by atoms with Crippen LogP contribution in [-0.4, -0.2) is 10.2 Å². The van der Waals surface area contributed by atoms with Gasteiger partial charge in [-0.1, -0.05) is 12.1 Å². The van der Waals surface area contributed by atoms with Crippen molar-refractivity contribution in [3.63, 3.8) is 0 Å². The predicted molar refractivity (Wildman–Crippen MR) is 81.7 cm³/mol. The molecule has 3 rings (SSSR count). The van der Waals surface area contributed by atoms with Gasteiger partial charge in [-0.05, 0) is 37.6 Å². The number of ketones is 1. The molecule has 0 N–H and O–H groups in total. The van der Waals surface area contributed by atoms with Gasteiger partial charge in [-0.15, -0.1) is 11.3 Å². The number of carbonyl (C=O) groups excluding carboxylic acids is 1. The van der Waals surface area contributed by atoms with Crippen LogP contribution in [0.2, 0.25) is 0 Å². The van der Waals surface area contributed by atoms with Crippen LogP contribution < -0.4 is 5.56 Å². The number of aryl methyl sites for hydroxylation is 1. The highest BCUT2D eigenvalue weighted by atomic mass is 32.1. The number of thiazole rings is 1. The Balaban J connectivity index is 2.47. The molecule has 1 aromatic carbocycles. The van der Waals surface area contributed by atoms with E-state index in [1.165, 1.54) is 36.5 Å². The van der Waals surface area contributed by atoms with Gasteiger partial charge in [0.15, 0.2) is 5.78 Å². The van der Waals surface area contributed by atoms with Crippen molar-refractivity contribution >= 4 is 22.0 Å². The van der Waals surface area contributed by atoms with E-state index in [9.17, 15) is 14.0 Å². The fourth-order valence-electron chi connectivity index (χ4n) is 2.41. The van der Waals surface area contributed by atoms with Crippen molar-refractivity contribution in [3.05, 3.63) is 63.1 Å². The highest BCUT2D eigenvalue weighted by Crippen LogP contribution is 2.25. The Morgan fingerprint density at radius 1 is 1.29 bits per heavy atom. The summed E-state index contributed by atoms with van der Waals surface area (Å²) in [5, 5.41) is 1.86. The van der Waals surface area contributed by atoms with E-state index in [-0.39, 0.29) is 16.9 Å². The number of Topliss-reactive ketones (excluding diaryl/α,β-unsaturated/α-hetero) is 1. The second-order valence-corrected chi connectivity index (χ2v) is 5.75. The second-order valence-electron chi connectivity index (χ2n) is 4.86. The summed E-state index contributed by atoms with van der Waals surface area (Å²) < 4.78 is 15.0. The molecule has 3 nitrogen and oxygen atoms in total. The third kappa shape index (κ3) is 2.19. The van der Waals surface area contributed by atoms with Gasteiger partial charge in [-0.3, -0.25) is 14.0 Å². The molecule has 0 aliphatic heterocycles. The molecule has 0 saturated carbocycles. The molecular weight excluding hydrogens is 289 g/mol. The van der Waals surface area contributed by atoms with E-state index in [1.807, 2.05) is 12.3 Å². The molecule has 3 aromatic rings. The zero-order chi connectivity index (χ0) is 15.1. The minimum absolute atomic E-state index is 0.208. The van der Waals surface area contributed by atoms with Crippen LogP contribution in [-0.2, 0) is 0 Å². The first-order valence-corrected chi connectivity index (χ1v) is 7.27. The van der Waals surface area contributed by atoms with Crippen molar-refractivity contribution in [3.8, 4) is 11.1 Å². The summed E-state index contributed by atoms with van der Waals surface area (Å²) >= 11 is 1.40. The molecule has 0 saturated heterocycles. The van der Waals surface area contributed by atoms with Gasteiger partial charge in [0.1, 0.15) is 10.6 Å². The molecule has 2 aromatic heterocycles. The molecule has 0 aliphatic rings. The van der Waals surface area contributed by atoms with Crippen LogP contribution in [0.25, 0.3) is 16.0 Å². The monoisotopic (exact) mass is 301 g/mol. The molecule has 0 bridgehead atoms. The highest BCUT2D eigenvalue weighted by molar-refractivity contribution is 7.15. The zero-order valence-electron chi connectivity index (χ0n) is 11.5. The highest BCUT2D eigenvalue weighted by Gasteiger charge is 2.18. The Labute approximate surface area is 124 Å². The van der Waals surface area contributed by atoms with Crippen molar-refractivity contribution in [2.24, 2.45) is 0 Å². The number of nitrogens with zero attached hydrogens (tertiary/aromatic N) is 1. The summed E-state index contributed by atoms with van der Waals surface area (Å²) in [5.74, 6) is -0.645. The molecule has 2 heterocycles. The summed E-state index contributed by atoms with van der Waals surface area (Å²) in [5.41, 5.74) is 1.51. The van der Waals surface area contributed by atoms with Gasteiger partial charge in [0, 0.05) is 16.6 Å². The quantitative estimate of drug-likeness (QED) is 0.677. The third-order valence-corrected chi connectivity index (χ3v) is 4.37. The molecule has 5 heteroatoms. The number of pyridine rings is 1. The van der Waals surface area contributed by atoms with Crippen LogP contribution in [0.1, 0.15) is 23.0 Å². The number of rotatable bonds is 2. The predicted octanol–water partition coefficient (Wildman–Crippen LogP) is 3.68. The van der Waals surface area contributed by atoms with Crippen LogP contribution in [0.3, 0.4) is 0 Å². The van der Waals surface area contributed by atoms with Crippen molar-refractivity contribution in [1.29, 1.82) is 0 Å². The minimum atomic E-state index is -0.437. The van der Waals surface area contributed by atoms with E-state index in [4.69, 9.17) is 0 Å². The lowest BCUT2D eigenvalue weighted by atomic mass is 9.99. The molecule has 0 aliphatic carbocycles. The number of hydrogen-bond acceptors (Lipinski definition) is 3. The molecule has 0 radical (unpaired) electrons. The standard InChI is InChI=1S/C16H12FNO2S/c1-9-8-21-14-7-13(10(2)19)15(16(20)18(9)14)11-4-3-5-12(17)6-11/h3-8H,1-2H3. The molecular formula is C16H12FNO2S. The Bertz CT molecular complexity index is 924. The summed E-state index contributed by atoms with van der Waals surface area (Å²) in [6.07, 6.45) is 0. The number of aromatic nitrogens is 1. The van der Waals surface area contributed by atoms with E-state index in [0.29, 0.717) is 16.0 Å². The zero-order valence-corrected chi connectivity index (χ0v) is 12.3. The number of halogens is 1. The molecule has 0 unspecified atom stereocenters. The van der Waals surface area contributed by atoms with Crippen molar-refractivity contribution < 1.29 is 9.18 Å². The van der Waals surface area contributed by atoms with E-state index < -0.39 is 5.82 Å². The topological polar surface area (TPSA) is 38.5 Å². The van der Waals surface area contributed by atoms with E-state index >= 15 is 0 Å². The van der Waals surface area contributed by atoms with Crippen molar-refractivity contribution in [2.75, 3.05) is 0 Å². The lowest BCUT2D eigenvalue weighted by Gasteiger charge is -2.08. The maximum absolute atomic E-state index is 13.5. The van der Waals surface area contributed by atoms with Gasteiger partial charge in [0.25, 0.3) is 5.56 Å². The van der Waals surface area contributed by atoms with Gasteiger partial charge in [-0.2, -0.15) is 0 Å². The number of fused-ring (bicyclic) bond motifs is 1. The first-order valence-electron chi connectivity index (χ1n) is 6.40. The van der Waals surface area contributed by atoms with Gasteiger partial charge >= 0.3 is 0 Å². The first kappa shape index (κ1) is 13.7. The molecule has 106 valence electrons. The largest absolute Gasteiger partial charge is 0.294 e. The summed E-state index contributed by atoms with van der Waals surface area (Å²) in [6.45, 7) is 3.24. The number of carbonyl (C=O) groups is 1. The normalized spacial score (nSPS) is 11.0. The van der Waals surface area contributed by atoms with E-state index in [0.717, 1.165) is 5.69 Å². The first-order chi connectivity index (χ1) is 9.99. The smallest absolute Gasteiger partial charge is 0.264 e. The molecule has 0 amide bonds. The van der Waals surface area contributed by atoms with Gasteiger partial charge in [0.05, 0.1) is 5.56 Å². The SMILES string of the molecule is CC(=O)c1cc2scc(C)n2c(=O)c1-c1cccc(F)c1. The lowest BCUT2D eigenvalue weighted by Crippen LogP contribution is -2.19. The van der Waals surface area contributed by atoms with Gasteiger partial charge in [0.2, 0.25) is 0 Å². The second kappa shape index (κ2) is 4.93. The Morgan fingerprint density at radius 3 is 2.71 bits per heavy atom. The molecule has 0 atom stereocenters. The van der Waals surface area contributed by atoms with E-state index in [2.05, 4.69) is 0 Å². The van der Waals surface area contributed by atoms with Crippen LogP contribution >= 0.6 is 11.3 Å². The summed E-state index contributed by atoms with van der Waals surface area (Å²) in [7, 11) is 0. The summed E-state index contributed by atoms with van der Waals surface area (Å²) in [6, 6.07) is 7.45. The molecule has 0 spiro atoms. The van der Waals surface area contributed by atoms with Crippen LogP contribution in [0.15, 0.2) is 40.5 Å². The Hall–Kier alpha value is -2.27. The van der Waals surface area contributed by atoms with E-state index in [1.54, 1.807) is 16.5 Å². The number of benzene rings is 1. The maximum Gasteiger partial charge on any atom is 0.264 e. The number of hydrogen-bond donors (Lipinski definition) is 0. The summed E-state index contributed by atoms with van der Waals surface area (Å²) in [4.78, 5) is 25.3. The third-order valence-electron chi connectivity index (χ3n) is 3.37. The van der Waals surface area contributed by atoms with Crippen LogP contribution in [0.4, 0.5) is 4.39 Å². The van der Waals surface area contributed by atoms with Crippen LogP contribution in [0.5, 0.6) is 0 Å². The van der Waals surface area contributed by atoms with Crippen LogP contribution in [0, 0.1) is 12.7 Å². The van der Waals surface area contributed by atoms with Gasteiger partial charge < -0.3 is 0 Å². The molecule has 0 fully saturated rings. The Kier molecular flexibility index (Phi) is 3.22. The average Bonchev–Trinajstić information content (AvgIpc) is 2.80. The minimum Gasteiger partial charge on any atom is -0.294 e. The fraction of sp³-hybridized carbons (Fsp3) is 0.125. The molecule has 21 heavy (non-hydrogen) atoms. The Morgan fingerprint density at radius 2 is 2.05 bits per heavy atom. The fourth-order valence-corrected chi connectivity index (χ4v) is 3.32.